The first kappa shape index (κ1) is 16.8. The van der Waals surface area contributed by atoms with Crippen LogP contribution in [0.3, 0.4) is 0 Å². The summed E-state index contributed by atoms with van der Waals surface area (Å²) in [5, 5.41) is 11.4. The van der Waals surface area contributed by atoms with E-state index < -0.39 is 4.92 Å². The second kappa shape index (κ2) is 7.64. The van der Waals surface area contributed by atoms with Crippen LogP contribution in [0.2, 0.25) is 0 Å². The van der Waals surface area contributed by atoms with Crippen molar-refractivity contribution < 1.29 is 19.2 Å². The first-order valence-electron chi connectivity index (χ1n) is 6.69. The zero-order valence-electron chi connectivity index (χ0n) is 12.6. The number of carbonyl (C=O) groups excluding carboxylic acids is 1. The molecule has 0 N–H and O–H groups in total. The molecule has 0 radical (unpaired) electrons. The van der Waals surface area contributed by atoms with Gasteiger partial charge < -0.3 is 9.47 Å². The molecular weight excluding hydrogens is 318 g/mol. The SMILES string of the molecule is COc1ccc(SCC(=O)c2ccccc2)c([N+](=O)[O-])c1OC. The van der Waals surface area contributed by atoms with Crippen LogP contribution < -0.4 is 9.47 Å². The van der Waals surface area contributed by atoms with Gasteiger partial charge in [0.2, 0.25) is 5.75 Å². The van der Waals surface area contributed by atoms with Crippen LogP contribution in [0.25, 0.3) is 0 Å². The second-order valence-corrected chi connectivity index (χ2v) is 5.50. The van der Waals surface area contributed by atoms with Crippen molar-refractivity contribution in [3.63, 3.8) is 0 Å². The Morgan fingerprint density at radius 2 is 1.83 bits per heavy atom. The molecule has 0 aliphatic carbocycles. The maximum absolute atomic E-state index is 12.1. The zero-order chi connectivity index (χ0) is 16.8. The Balaban J connectivity index is 2.26. The second-order valence-electron chi connectivity index (χ2n) is 4.48. The van der Waals surface area contributed by atoms with Crippen LogP contribution in [0.5, 0.6) is 11.5 Å². The normalized spacial score (nSPS) is 10.2. The lowest BCUT2D eigenvalue weighted by Gasteiger charge is -2.10. The number of carbonyl (C=O) groups is 1. The van der Waals surface area contributed by atoms with Crippen LogP contribution in [0, 0.1) is 10.1 Å². The minimum absolute atomic E-state index is 0.0506. The number of methoxy groups -OCH3 is 2. The van der Waals surface area contributed by atoms with Crippen LogP contribution in [0.4, 0.5) is 5.69 Å². The van der Waals surface area contributed by atoms with Gasteiger partial charge in [0.1, 0.15) is 0 Å². The van der Waals surface area contributed by atoms with Gasteiger partial charge in [0, 0.05) is 5.56 Å². The molecule has 23 heavy (non-hydrogen) atoms. The minimum Gasteiger partial charge on any atom is -0.493 e. The van der Waals surface area contributed by atoms with Crippen LogP contribution in [0.15, 0.2) is 47.4 Å². The van der Waals surface area contributed by atoms with Gasteiger partial charge in [-0.15, -0.1) is 11.8 Å². The van der Waals surface area contributed by atoms with Gasteiger partial charge in [-0.2, -0.15) is 0 Å². The quantitative estimate of drug-likeness (QED) is 0.333. The average Bonchev–Trinajstić information content (AvgIpc) is 2.59. The van der Waals surface area contributed by atoms with Crippen molar-refractivity contribution in [1.29, 1.82) is 0 Å². The number of hydrogen-bond acceptors (Lipinski definition) is 6. The predicted octanol–water partition coefficient (Wildman–Crippen LogP) is 3.59. The number of nitro groups is 1. The summed E-state index contributed by atoms with van der Waals surface area (Å²) in [7, 11) is 2.75. The molecule has 0 bridgehead atoms. The molecule has 0 amide bonds. The van der Waals surface area contributed by atoms with Gasteiger partial charge in [0.15, 0.2) is 11.5 Å². The summed E-state index contributed by atoms with van der Waals surface area (Å²) in [6.07, 6.45) is 0. The van der Waals surface area contributed by atoms with Gasteiger partial charge in [-0.1, -0.05) is 30.3 Å². The van der Waals surface area contributed by atoms with Crippen molar-refractivity contribution in [3.05, 3.63) is 58.1 Å². The number of hydrogen-bond donors (Lipinski definition) is 0. The van der Waals surface area contributed by atoms with Crippen LogP contribution >= 0.6 is 11.8 Å². The van der Waals surface area contributed by atoms with Crippen molar-refractivity contribution >= 4 is 23.2 Å². The highest BCUT2D eigenvalue weighted by atomic mass is 32.2. The van der Waals surface area contributed by atoms with Gasteiger partial charge in [-0.25, -0.2) is 0 Å². The van der Waals surface area contributed by atoms with E-state index in [4.69, 9.17) is 9.47 Å². The van der Waals surface area contributed by atoms with Crippen LogP contribution in [-0.4, -0.2) is 30.7 Å². The Kier molecular flexibility index (Phi) is 5.59. The molecule has 0 fully saturated rings. The molecule has 0 spiro atoms. The summed E-state index contributed by atoms with van der Waals surface area (Å²) >= 11 is 1.10. The molecule has 2 aromatic rings. The van der Waals surface area contributed by atoms with E-state index in [-0.39, 0.29) is 28.7 Å². The standard InChI is InChI=1S/C16H15NO5S/c1-21-13-8-9-14(15(17(19)20)16(13)22-2)23-10-12(18)11-6-4-3-5-7-11/h3-9H,10H2,1-2H3. The lowest BCUT2D eigenvalue weighted by atomic mass is 10.2. The third-order valence-electron chi connectivity index (χ3n) is 3.12. The van der Waals surface area contributed by atoms with E-state index in [0.29, 0.717) is 10.5 Å². The summed E-state index contributed by atoms with van der Waals surface area (Å²) in [5.74, 6) is 0.327. The molecule has 0 heterocycles. The molecule has 0 aromatic heterocycles. The topological polar surface area (TPSA) is 78.7 Å². The number of Topliss-reactive ketones (excluding diaryl/α,β-unsaturated/α-hetero) is 1. The van der Waals surface area contributed by atoms with E-state index in [1.165, 1.54) is 14.2 Å². The molecule has 2 rings (SSSR count). The van der Waals surface area contributed by atoms with Crippen molar-refractivity contribution in [2.24, 2.45) is 0 Å². The van der Waals surface area contributed by atoms with Gasteiger partial charge >= 0.3 is 5.69 Å². The van der Waals surface area contributed by atoms with Crippen molar-refractivity contribution in [2.75, 3.05) is 20.0 Å². The van der Waals surface area contributed by atoms with Gasteiger partial charge in [0.05, 0.1) is 29.8 Å². The molecular formula is C16H15NO5S. The molecule has 120 valence electrons. The average molecular weight is 333 g/mol. The maximum Gasteiger partial charge on any atom is 0.328 e. The molecule has 0 atom stereocenters. The molecule has 7 heteroatoms. The highest BCUT2D eigenvalue weighted by Crippen LogP contribution is 2.43. The highest BCUT2D eigenvalue weighted by Gasteiger charge is 2.25. The number of benzene rings is 2. The molecule has 6 nitrogen and oxygen atoms in total. The monoisotopic (exact) mass is 333 g/mol. The lowest BCUT2D eigenvalue weighted by molar-refractivity contribution is -0.388. The highest BCUT2D eigenvalue weighted by molar-refractivity contribution is 8.00. The van der Waals surface area contributed by atoms with E-state index in [0.717, 1.165) is 11.8 Å². The van der Waals surface area contributed by atoms with Crippen LogP contribution in [0.1, 0.15) is 10.4 Å². The van der Waals surface area contributed by atoms with E-state index >= 15 is 0 Å². The Morgan fingerprint density at radius 1 is 1.13 bits per heavy atom. The number of nitrogens with zero attached hydrogens (tertiary/aromatic N) is 1. The van der Waals surface area contributed by atoms with E-state index in [1.807, 2.05) is 6.07 Å². The van der Waals surface area contributed by atoms with E-state index in [9.17, 15) is 14.9 Å². The zero-order valence-corrected chi connectivity index (χ0v) is 13.5. The minimum atomic E-state index is -0.531. The number of ketones is 1. The fraction of sp³-hybridized carbons (Fsp3) is 0.188. The Hall–Kier alpha value is -2.54. The number of nitro benzene ring substituents is 1. The third-order valence-corrected chi connectivity index (χ3v) is 4.17. The Morgan fingerprint density at radius 3 is 2.39 bits per heavy atom. The summed E-state index contributed by atoms with van der Waals surface area (Å²) in [4.78, 5) is 23.3. The molecule has 0 saturated carbocycles. The van der Waals surface area contributed by atoms with Gasteiger partial charge in [-0.3, -0.25) is 14.9 Å². The molecule has 0 aliphatic rings. The third kappa shape index (κ3) is 3.81. The largest absolute Gasteiger partial charge is 0.493 e. The number of ether oxygens (including phenoxy) is 2. The Bertz CT molecular complexity index is 718. The van der Waals surface area contributed by atoms with Gasteiger partial charge in [0.25, 0.3) is 0 Å². The molecule has 0 unspecified atom stereocenters. The summed E-state index contributed by atoms with van der Waals surface area (Å²) in [6.45, 7) is 0. The van der Waals surface area contributed by atoms with Crippen LogP contribution in [-0.2, 0) is 0 Å². The molecule has 0 saturated heterocycles. The fourth-order valence-corrected chi connectivity index (χ4v) is 2.95. The summed E-state index contributed by atoms with van der Waals surface area (Å²) in [6, 6.07) is 11.9. The molecule has 2 aromatic carbocycles. The lowest BCUT2D eigenvalue weighted by Crippen LogP contribution is -2.03. The fourth-order valence-electron chi connectivity index (χ4n) is 2.03. The number of thioether (sulfide) groups is 1. The van der Waals surface area contributed by atoms with Gasteiger partial charge in [-0.05, 0) is 12.1 Å². The van der Waals surface area contributed by atoms with Crippen molar-refractivity contribution in [2.45, 2.75) is 4.90 Å². The summed E-state index contributed by atoms with van der Waals surface area (Å²) < 4.78 is 10.2. The number of rotatable bonds is 7. The van der Waals surface area contributed by atoms with Crippen molar-refractivity contribution in [1.82, 2.24) is 0 Å². The van der Waals surface area contributed by atoms with E-state index in [2.05, 4.69) is 0 Å². The first-order chi connectivity index (χ1) is 11.1. The maximum atomic E-state index is 12.1. The predicted molar refractivity (Wildman–Crippen MR) is 87.7 cm³/mol. The molecule has 0 aliphatic heterocycles. The van der Waals surface area contributed by atoms with Crippen molar-refractivity contribution in [3.8, 4) is 11.5 Å². The Labute approximate surface area is 137 Å². The summed E-state index contributed by atoms with van der Waals surface area (Å²) in [5.41, 5.74) is 0.376. The first-order valence-corrected chi connectivity index (χ1v) is 7.67. The van der Waals surface area contributed by atoms with E-state index in [1.54, 1.807) is 36.4 Å². The smallest absolute Gasteiger partial charge is 0.328 e.